The van der Waals surface area contributed by atoms with Crippen LogP contribution in [0.15, 0.2) is 14.7 Å². The van der Waals surface area contributed by atoms with Gasteiger partial charge in [-0.1, -0.05) is 38.5 Å². The number of aryl methyl sites for hydroxylation is 1. The number of nitrogens with zero attached hydrogens (tertiary/aromatic N) is 2. The molecule has 1 rings (SSSR count). The van der Waals surface area contributed by atoms with Gasteiger partial charge in [0.05, 0.1) is 0 Å². The zero-order valence-electron chi connectivity index (χ0n) is 12.3. The van der Waals surface area contributed by atoms with Gasteiger partial charge < -0.3 is 0 Å². The van der Waals surface area contributed by atoms with Crippen LogP contribution in [0.4, 0.5) is 0 Å². The van der Waals surface area contributed by atoms with Gasteiger partial charge in [-0.05, 0) is 24.0 Å². The highest BCUT2D eigenvalue weighted by atomic mass is 32.2. The van der Waals surface area contributed by atoms with Gasteiger partial charge in [-0.25, -0.2) is 0 Å². The standard InChI is InChI=1S/C13H23N3O2S2/c1-4-6-13(8-19,7-5-2)9-20-12-14-10(17)11(18)15-16(12)3/h19H,4-9H2,1-3H3,(H,15,18). The average molecular weight is 317 g/mol. The van der Waals surface area contributed by atoms with Crippen molar-refractivity contribution in [3.63, 3.8) is 0 Å². The van der Waals surface area contributed by atoms with Gasteiger partial charge in [0.15, 0.2) is 5.16 Å². The SMILES string of the molecule is CCCC(CS)(CCC)CSc1nc(=O)c(=O)[nH]n1C. The van der Waals surface area contributed by atoms with E-state index in [4.69, 9.17) is 0 Å². The number of H-pyrrole nitrogens is 1. The number of thiol groups is 1. The van der Waals surface area contributed by atoms with E-state index in [0.29, 0.717) is 5.16 Å². The highest BCUT2D eigenvalue weighted by Crippen LogP contribution is 2.36. The summed E-state index contributed by atoms with van der Waals surface area (Å²) < 4.78 is 1.51. The van der Waals surface area contributed by atoms with Crippen molar-refractivity contribution in [1.82, 2.24) is 14.8 Å². The Morgan fingerprint density at radius 1 is 1.30 bits per heavy atom. The van der Waals surface area contributed by atoms with Gasteiger partial charge in [0, 0.05) is 12.8 Å². The first-order chi connectivity index (χ1) is 9.48. The van der Waals surface area contributed by atoms with E-state index in [-0.39, 0.29) is 5.41 Å². The summed E-state index contributed by atoms with van der Waals surface area (Å²) in [4.78, 5) is 26.4. The topological polar surface area (TPSA) is 67.8 Å². The third kappa shape index (κ3) is 4.41. The van der Waals surface area contributed by atoms with E-state index in [1.165, 1.54) is 16.4 Å². The number of nitrogens with one attached hydrogen (secondary N) is 1. The lowest BCUT2D eigenvalue weighted by molar-refractivity contribution is 0.318. The summed E-state index contributed by atoms with van der Waals surface area (Å²) in [6.45, 7) is 4.35. The Labute approximate surface area is 129 Å². The first kappa shape index (κ1) is 17.4. The van der Waals surface area contributed by atoms with E-state index in [1.54, 1.807) is 7.05 Å². The molecule has 0 saturated heterocycles. The van der Waals surface area contributed by atoms with Crippen molar-refractivity contribution in [2.75, 3.05) is 11.5 Å². The molecule has 7 heteroatoms. The van der Waals surface area contributed by atoms with Crippen LogP contribution in [-0.2, 0) is 7.05 Å². The predicted molar refractivity (Wildman–Crippen MR) is 86.9 cm³/mol. The van der Waals surface area contributed by atoms with Crippen LogP contribution < -0.4 is 11.1 Å². The number of hydrogen-bond donors (Lipinski definition) is 2. The zero-order chi connectivity index (χ0) is 15.2. The molecule has 0 radical (unpaired) electrons. The summed E-state index contributed by atoms with van der Waals surface area (Å²) in [6, 6.07) is 0. The van der Waals surface area contributed by atoms with Crippen molar-refractivity contribution in [3.8, 4) is 0 Å². The number of thioether (sulfide) groups is 1. The van der Waals surface area contributed by atoms with Crippen LogP contribution in [0.3, 0.4) is 0 Å². The quantitative estimate of drug-likeness (QED) is 0.438. The second-order valence-electron chi connectivity index (χ2n) is 5.15. The van der Waals surface area contributed by atoms with Gasteiger partial charge in [0.1, 0.15) is 0 Å². The van der Waals surface area contributed by atoms with Crippen molar-refractivity contribution in [3.05, 3.63) is 20.7 Å². The molecule has 1 N–H and O–H groups in total. The highest BCUT2D eigenvalue weighted by Gasteiger charge is 2.27. The maximum absolute atomic E-state index is 11.3. The van der Waals surface area contributed by atoms with Crippen LogP contribution in [0.25, 0.3) is 0 Å². The van der Waals surface area contributed by atoms with Gasteiger partial charge in [-0.15, -0.1) is 0 Å². The number of hydrogen-bond acceptors (Lipinski definition) is 5. The summed E-state index contributed by atoms with van der Waals surface area (Å²) in [7, 11) is 1.69. The lowest BCUT2D eigenvalue weighted by Crippen LogP contribution is -2.34. The Hall–Kier alpha value is -0.690. The van der Waals surface area contributed by atoms with Crippen molar-refractivity contribution >= 4 is 24.4 Å². The van der Waals surface area contributed by atoms with E-state index in [9.17, 15) is 9.59 Å². The summed E-state index contributed by atoms with van der Waals surface area (Å²) in [5, 5.41) is 3.02. The number of aromatic amines is 1. The first-order valence-electron chi connectivity index (χ1n) is 6.89. The van der Waals surface area contributed by atoms with Crippen molar-refractivity contribution in [2.45, 2.75) is 44.7 Å². The van der Waals surface area contributed by atoms with Crippen LogP contribution in [0.2, 0.25) is 0 Å². The predicted octanol–water partition coefficient (Wildman–Crippen LogP) is 2.08. The van der Waals surface area contributed by atoms with E-state index in [2.05, 4.69) is 36.6 Å². The Morgan fingerprint density at radius 2 is 1.90 bits per heavy atom. The lowest BCUT2D eigenvalue weighted by atomic mass is 9.83. The molecule has 0 aliphatic heterocycles. The summed E-state index contributed by atoms with van der Waals surface area (Å²) in [5.41, 5.74) is -1.25. The molecule has 20 heavy (non-hydrogen) atoms. The minimum absolute atomic E-state index is 0.158. The monoisotopic (exact) mass is 317 g/mol. The fourth-order valence-corrected chi connectivity index (χ4v) is 4.13. The maximum Gasteiger partial charge on any atom is 0.339 e. The van der Waals surface area contributed by atoms with Gasteiger partial charge in [-0.3, -0.25) is 19.4 Å². The second kappa shape index (κ2) is 7.93. The van der Waals surface area contributed by atoms with Crippen molar-refractivity contribution in [2.24, 2.45) is 12.5 Å². The average Bonchev–Trinajstić information content (AvgIpc) is 2.41. The molecule has 0 spiro atoms. The molecule has 114 valence electrons. The second-order valence-corrected chi connectivity index (χ2v) is 6.40. The lowest BCUT2D eigenvalue weighted by Gasteiger charge is -2.31. The largest absolute Gasteiger partial charge is 0.339 e. The Morgan fingerprint density at radius 3 is 2.40 bits per heavy atom. The number of aromatic nitrogens is 3. The molecule has 0 saturated carbocycles. The van der Waals surface area contributed by atoms with Crippen molar-refractivity contribution in [1.29, 1.82) is 0 Å². The van der Waals surface area contributed by atoms with E-state index in [1.807, 2.05) is 0 Å². The van der Waals surface area contributed by atoms with Gasteiger partial charge >= 0.3 is 11.1 Å². The first-order valence-corrected chi connectivity index (χ1v) is 8.51. The molecule has 0 atom stereocenters. The molecule has 0 unspecified atom stereocenters. The molecular weight excluding hydrogens is 294 g/mol. The normalized spacial score (nSPS) is 11.8. The van der Waals surface area contributed by atoms with Crippen LogP contribution in [0.5, 0.6) is 0 Å². The van der Waals surface area contributed by atoms with Crippen LogP contribution in [0, 0.1) is 5.41 Å². The molecule has 0 aromatic carbocycles. The molecule has 0 bridgehead atoms. The van der Waals surface area contributed by atoms with Gasteiger partial charge in [-0.2, -0.15) is 17.6 Å². The van der Waals surface area contributed by atoms with Crippen LogP contribution in [0.1, 0.15) is 39.5 Å². The minimum Gasteiger partial charge on any atom is -0.265 e. The highest BCUT2D eigenvalue weighted by molar-refractivity contribution is 7.99. The molecule has 1 heterocycles. The molecule has 1 aromatic heterocycles. The van der Waals surface area contributed by atoms with Gasteiger partial charge in [0.2, 0.25) is 0 Å². The Bertz CT molecular complexity index is 533. The molecule has 0 aliphatic carbocycles. The van der Waals surface area contributed by atoms with Crippen LogP contribution >= 0.6 is 24.4 Å². The van der Waals surface area contributed by atoms with Crippen molar-refractivity contribution < 1.29 is 0 Å². The molecule has 5 nitrogen and oxygen atoms in total. The molecule has 0 fully saturated rings. The van der Waals surface area contributed by atoms with E-state index in [0.717, 1.165) is 37.2 Å². The third-order valence-corrected chi connectivity index (χ3v) is 5.40. The molecular formula is C13H23N3O2S2. The Balaban J connectivity index is 2.89. The zero-order valence-corrected chi connectivity index (χ0v) is 14.0. The maximum atomic E-state index is 11.3. The Kier molecular flexibility index (Phi) is 6.88. The summed E-state index contributed by atoms with van der Waals surface area (Å²) in [6.07, 6.45) is 4.43. The molecule has 0 amide bonds. The molecule has 0 aliphatic rings. The number of rotatable bonds is 8. The fraction of sp³-hybridized carbons (Fsp3) is 0.769. The fourth-order valence-electron chi connectivity index (χ4n) is 2.34. The molecule has 1 aromatic rings. The smallest absolute Gasteiger partial charge is 0.265 e. The van der Waals surface area contributed by atoms with E-state index >= 15 is 0 Å². The summed E-state index contributed by atoms with van der Waals surface area (Å²) in [5.74, 6) is 1.67. The van der Waals surface area contributed by atoms with E-state index < -0.39 is 11.1 Å². The van der Waals surface area contributed by atoms with Gasteiger partial charge in [0.25, 0.3) is 0 Å². The third-order valence-electron chi connectivity index (χ3n) is 3.35. The summed E-state index contributed by atoms with van der Waals surface area (Å²) >= 11 is 6.03. The van der Waals surface area contributed by atoms with Crippen LogP contribution in [-0.4, -0.2) is 26.3 Å². The minimum atomic E-state index is -0.729.